The fourth-order valence-electron chi connectivity index (χ4n) is 1.47. The van der Waals surface area contributed by atoms with Gasteiger partial charge in [-0.1, -0.05) is 37.3 Å². The first kappa shape index (κ1) is 15.1. The first-order valence-corrected chi connectivity index (χ1v) is 7.43. The van der Waals surface area contributed by atoms with E-state index in [2.05, 4.69) is 29.7 Å². The quantitative estimate of drug-likeness (QED) is 0.707. The van der Waals surface area contributed by atoms with Gasteiger partial charge in [-0.3, -0.25) is 4.79 Å². The third-order valence-corrected chi connectivity index (χ3v) is 3.78. The molecule has 0 aliphatic carbocycles. The van der Waals surface area contributed by atoms with Gasteiger partial charge in [0.05, 0.1) is 5.25 Å². The second kappa shape index (κ2) is 9.00. The van der Waals surface area contributed by atoms with Crippen molar-refractivity contribution in [1.82, 2.24) is 10.6 Å². The lowest BCUT2D eigenvalue weighted by Gasteiger charge is -2.12. The first-order chi connectivity index (χ1) is 8.74. The molecular weight excluding hydrogens is 244 g/mol. The van der Waals surface area contributed by atoms with Crippen LogP contribution in [0.4, 0.5) is 0 Å². The predicted octanol–water partition coefficient (Wildman–Crippen LogP) is 2.03. The molecule has 0 spiro atoms. The molecule has 2 N–H and O–H groups in total. The summed E-state index contributed by atoms with van der Waals surface area (Å²) in [4.78, 5) is 11.8. The van der Waals surface area contributed by atoms with Crippen LogP contribution in [0.15, 0.2) is 30.3 Å². The van der Waals surface area contributed by atoms with Gasteiger partial charge in [-0.05, 0) is 19.0 Å². The number of hydrogen-bond donors (Lipinski definition) is 2. The van der Waals surface area contributed by atoms with E-state index in [0.29, 0.717) is 6.54 Å². The van der Waals surface area contributed by atoms with Gasteiger partial charge in [0.2, 0.25) is 5.91 Å². The number of nitrogens with one attached hydrogen (secondary N) is 2. The molecule has 0 heterocycles. The maximum atomic E-state index is 11.8. The van der Waals surface area contributed by atoms with Gasteiger partial charge in [-0.15, -0.1) is 11.8 Å². The number of rotatable bonds is 8. The van der Waals surface area contributed by atoms with E-state index in [1.807, 2.05) is 25.1 Å². The van der Waals surface area contributed by atoms with Crippen molar-refractivity contribution in [3.8, 4) is 0 Å². The maximum Gasteiger partial charge on any atom is 0.232 e. The van der Waals surface area contributed by atoms with E-state index < -0.39 is 0 Å². The van der Waals surface area contributed by atoms with Crippen molar-refractivity contribution < 1.29 is 4.79 Å². The number of thioether (sulfide) groups is 1. The summed E-state index contributed by atoms with van der Waals surface area (Å²) >= 11 is 1.67. The topological polar surface area (TPSA) is 41.1 Å². The molecule has 1 amide bonds. The monoisotopic (exact) mass is 266 g/mol. The fraction of sp³-hybridized carbons (Fsp3) is 0.500. The Morgan fingerprint density at radius 1 is 1.28 bits per heavy atom. The largest absolute Gasteiger partial charge is 0.354 e. The smallest absolute Gasteiger partial charge is 0.232 e. The van der Waals surface area contributed by atoms with Crippen molar-refractivity contribution in [3.63, 3.8) is 0 Å². The highest BCUT2D eigenvalue weighted by Crippen LogP contribution is 2.17. The minimum atomic E-state index is -0.00756. The zero-order valence-electron chi connectivity index (χ0n) is 11.1. The van der Waals surface area contributed by atoms with E-state index in [9.17, 15) is 4.79 Å². The molecule has 100 valence electrons. The van der Waals surface area contributed by atoms with E-state index in [-0.39, 0.29) is 11.2 Å². The number of carbonyl (C=O) groups is 1. The third-order valence-electron chi connectivity index (χ3n) is 2.56. The summed E-state index contributed by atoms with van der Waals surface area (Å²) < 4.78 is 0. The lowest BCUT2D eigenvalue weighted by molar-refractivity contribution is -0.120. The fourth-order valence-corrected chi connectivity index (χ4v) is 2.34. The summed E-state index contributed by atoms with van der Waals surface area (Å²) in [5.41, 5.74) is 1.26. The number of benzene rings is 1. The first-order valence-electron chi connectivity index (χ1n) is 6.38. The third kappa shape index (κ3) is 6.07. The number of hydrogen-bond acceptors (Lipinski definition) is 3. The van der Waals surface area contributed by atoms with Gasteiger partial charge in [-0.25, -0.2) is 0 Å². The van der Waals surface area contributed by atoms with Gasteiger partial charge in [0, 0.05) is 18.8 Å². The number of carbonyl (C=O) groups excluding carboxylic acids is 1. The van der Waals surface area contributed by atoms with Crippen LogP contribution in [0, 0.1) is 0 Å². The SMILES string of the molecule is CCNCCNC(=O)C(C)SCc1ccccc1. The molecule has 1 aromatic carbocycles. The number of amides is 1. The zero-order chi connectivity index (χ0) is 13.2. The highest BCUT2D eigenvalue weighted by Gasteiger charge is 2.12. The Kier molecular flexibility index (Phi) is 7.53. The lowest BCUT2D eigenvalue weighted by atomic mass is 10.2. The van der Waals surface area contributed by atoms with Gasteiger partial charge in [0.15, 0.2) is 0 Å². The van der Waals surface area contributed by atoms with Gasteiger partial charge < -0.3 is 10.6 Å². The molecule has 1 unspecified atom stereocenters. The van der Waals surface area contributed by atoms with Gasteiger partial charge in [0.1, 0.15) is 0 Å². The van der Waals surface area contributed by atoms with Crippen LogP contribution in [0.2, 0.25) is 0 Å². The summed E-state index contributed by atoms with van der Waals surface area (Å²) in [6.07, 6.45) is 0. The summed E-state index contributed by atoms with van der Waals surface area (Å²) in [5, 5.41) is 6.10. The van der Waals surface area contributed by atoms with Crippen LogP contribution in [-0.4, -0.2) is 30.8 Å². The second-order valence-corrected chi connectivity index (χ2v) is 5.41. The van der Waals surface area contributed by atoms with Crippen LogP contribution < -0.4 is 10.6 Å². The molecule has 0 bridgehead atoms. The summed E-state index contributed by atoms with van der Waals surface area (Å²) in [5.74, 6) is 0.997. The molecule has 1 aromatic rings. The van der Waals surface area contributed by atoms with Crippen LogP contribution in [0.1, 0.15) is 19.4 Å². The van der Waals surface area contributed by atoms with Gasteiger partial charge in [0.25, 0.3) is 0 Å². The van der Waals surface area contributed by atoms with E-state index in [1.54, 1.807) is 11.8 Å². The molecule has 1 rings (SSSR count). The Morgan fingerprint density at radius 2 is 2.00 bits per heavy atom. The summed E-state index contributed by atoms with van der Waals surface area (Å²) in [6.45, 7) is 6.48. The molecule has 0 aromatic heterocycles. The lowest BCUT2D eigenvalue weighted by Crippen LogP contribution is -2.36. The summed E-state index contributed by atoms with van der Waals surface area (Å²) in [6, 6.07) is 10.2. The molecular formula is C14H22N2OS. The van der Waals surface area contributed by atoms with Crippen molar-refractivity contribution in [2.24, 2.45) is 0 Å². The summed E-state index contributed by atoms with van der Waals surface area (Å²) in [7, 11) is 0. The maximum absolute atomic E-state index is 11.8. The zero-order valence-corrected chi connectivity index (χ0v) is 11.9. The van der Waals surface area contributed by atoms with Crippen molar-refractivity contribution in [3.05, 3.63) is 35.9 Å². The highest BCUT2D eigenvalue weighted by atomic mass is 32.2. The van der Waals surface area contributed by atoms with E-state index in [4.69, 9.17) is 0 Å². The van der Waals surface area contributed by atoms with Crippen molar-refractivity contribution in [2.45, 2.75) is 24.9 Å². The molecule has 3 nitrogen and oxygen atoms in total. The van der Waals surface area contributed by atoms with Crippen LogP contribution >= 0.6 is 11.8 Å². The van der Waals surface area contributed by atoms with Crippen molar-refractivity contribution in [1.29, 1.82) is 0 Å². The second-order valence-electron chi connectivity index (χ2n) is 4.08. The van der Waals surface area contributed by atoms with E-state index in [1.165, 1.54) is 5.56 Å². The minimum Gasteiger partial charge on any atom is -0.354 e. The van der Waals surface area contributed by atoms with Gasteiger partial charge >= 0.3 is 0 Å². The molecule has 0 fully saturated rings. The Hall–Kier alpha value is -1.00. The average molecular weight is 266 g/mol. The molecule has 18 heavy (non-hydrogen) atoms. The molecule has 0 aliphatic rings. The Bertz CT molecular complexity index is 343. The Balaban J connectivity index is 2.19. The molecule has 0 saturated carbocycles. The number of likely N-dealkylation sites (N-methyl/N-ethyl adjacent to an activating group) is 1. The van der Waals surface area contributed by atoms with Crippen molar-refractivity contribution in [2.75, 3.05) is 19.6 Å². The van der Waals surface area contributed by atoms with Crippen LogP contribution in [0.3, 0.4) is 0 Å². The predicted molar refractivity (Wildman–Crippen MR) is 78.8 cm³/mol. The molecule has 0 saturated heterocycles. The molecule has 4 heteroatoms. The molecule has 1 atom stereocenters. The van der Waals surface area contributed by atoms with Crippen LogP contribution in [0.25, 0.3) is 0 Å². The normalized spacial score (nSPS) is 12.1. The molecule has 0 radical (unpaired) electrons. The Labute approximate surface area is 114 Å². The minimum absolute atomic E-state index is 0.00756. The average Bonchev–Trinajstić information content (AvgIpc) is 2.42. The van der Waals surface area contributed by atoms with E-state index >= 15 is 0 Å². The van der Waals surface area contributed by atoms with Crippen molar-refractivity contribution >= 4 is 17.7 Å². The standard InChI is InChI=1S/C14H22N2OS/c1-3-15-9-10-16-14(17)12(2)18-11-13-7-5-4-6-8-13/h4-8,12,15H,3,9-11H2,1-2H3,(H,16,17). The molecule has 0 aliphatic heterocycles. The Morgan fingerprint density at radius 3 is 2.67 bits per heavy atom. The van der Waals surface area contributed by atoms with E-state index in [0.717, 1.165) is 18.8 Å². The van der Waals surface area contributed by atoms with Crippen LogP contribution in [-0.2, 0) is 10.5 Å². The van der Waals surface area contributed by atoms with Gasteiger partial charge in [-0.2, -0.15) is 0 Å². The van der Waals surface area contributed by atoms with Crippen LogP contribution in [0.5, 0.6) is 0 Å². The highest BCUT2D eigenvalue weighted by molar-refractivity contribution is 7.99.